The van der Waals surface area contributed by atoms with Gasteiger partial charge in [-0.3, -0.25) is 4.99 Å². The Balaban J connectivity index is 3.01. The first-order valence-electron chi connectivity index (χ1n) is 4.29. The fraction of sp³-hybridized carbons (Fsp3) is 0.182. The van der Waals surface area contributed by atoms with Crippen molar-refractivity contribution >= 4 is 5.71 Å². The third-order valence-corrected chi connectivity index (χ3v) is 1.83. The molecule has 2 N–H and O–H groups in total. The second kappa shape index (κ2) is 4.46. The molecule has 0 radical (unpaired) electrons. The molecule has 0 bridgehead atoms. The molecule has 3 heteroatoms. The summed E-state index contributed by atoms with van der Waals surface area (Å²) in [4.78, 5) is 4.16. The van der Waals surface area contributed by atoms with E-state index in [1.807, 2.05) is 0 Å². The van der Waals surface area contributed by atoms with Gasteiger partial charge in [0.05, 0.1) is 6.54 Å². The Kier molecular flexibility index (Phi) is 3.29. The maximum absolute atomic E-state index is 9.49. The first kappa shape index (κ1) is 10.3. The summed E-state index contributed by atoms with van der Waals surface area (Å²) in [6.07, 6.45) is 1.68. The molecule has 1 aromatic rings. The van der Waals surface area contributed by atoms with E-state index in [0.717, 1.165) is 5.71 Å². The summed E-state index contributed by atoms with van der Waals surface area (Å²) in [5, 5.41) is 18.6. The fourth-order valence-electron chi connectivity index (χ4n) is 1.11. The second-order valence-corrected chi connectivity index (χ2v) is 2.92. The molecule has 0 amide bonds. The quantitative estimate of drug-likeness (QED) is 0.567. The number of phenolic OH excluding ortho intramolecular Hbond substituents is 2. The molecule has 1 aromatic carbocycles. The molecule has 0 heterocycles. The van der Waals surface area contributed by atoms with Gasteiger partial charge in [0.1, 0.15) is 11.5 Å². The molecule has 1 rings (SSSR count). The first-order valence-corrected chi connectivity index (χ1v) is 4.29. The lowest BCUT2D eigenvalue weighted by atomic mass is 10.1. The van der Waals surface area contributed by atoms with Gasteiger partial charge in [-0.2, -0.15) is 0 Å². The molecule has 0 aromatic heterocycles. The van der Waals surface area contributed by atoms with Gasteiger partial charge in [0.2, 0.25) is 0 Å². The average Bonchev–Trinajstić information content (AvgIpc) is 2.14. The highest BCUT2D eigenvalue weighted by Crippen LogP contribution is 2.22. The van der Waals surface area contributed by atoms with E-state index in [4.69, 9.17) is 5.11 Å². The van der Waals surface area contributed by atoms with Crippen LogP contribution >= 0.6 is 0 Å². The van der Waals surface area contributed by atoms with Crippen molar-refractivity contribution in [1.82, 2.24) is 0 Å². The summed E-state index contributed by atoms with van der Waals surface area (Å²) in [5.74, 6) is 0.0816. The molecule has 0 saturated heterocycles. The van der Waals surface area contributed by atoms with Crippen molar-refractivity contribution in [2.75, 3.05) is 6.54 Å². The van der Waals surface area contributed by atoms with Gasteiger partial charge >= 0.3 is 0 Å². The number of hydrogen-bond donors (Lipinski definition) is 2. The number of phenols is 2. The minimum absolute atomic E-state index is 0.0373. The van der Waals surface area contributed by atoms with E-state index in [0.29, 0.717) is 12.1 Å². The molecule has 0 spiro atoms. The molecular weight excluding hydrogens is 178 g/mol. The second-order valence-electron chi connectivity index (χ2n) is 2.92. The van der Waals surface area contributed by atoms with Crippen molar-refractivity contribution in [3.63, 3.8) is 0 Å². The summed E-state index contributed by atoms with van der Waals surface area (Å²) in [7, 11) is 0. The maximum Gasteiger partial charge on any atom is 0.128 e. The van der Waals surface area contributed by atoms with E-state index < -0.39 is 0 Å². The van der Waals surface area contributed by atoms with Gasteiger partial charge in [0.15, 0.2) is 0 Å². The van der Waals surface area contributed by atoms with Crippen LogP contribution in [0.5, 0.6) is 11.5 Å². The van der Waals surface area contributed by atoms with Gasteiger partial charge < -0.3 is 10.2 Å². The van der Waals surface area contributed by atoms with Crippen LogP contribution in [0.25, 0.3) is 0 Å². The van der Waals surface area contributed by atoms with Crippen LogP contribution in [0.2, 0.25) is 0 Å². The minimum Gasteiger partial charge on any atom is -0.508 e. The minimum atomic E-state index is 0.0373. The van der Waals surface area contributed by atoms with Crippen molar-refractivity contribution < 1.29 is 10.2 Å². The monoisotopic (exact) mass is 191 g/mol. The van der Waals surface area contributed by atoms with Crippen molar-refractivity contribution in [3.8, 4) is 11.5 Å². The zero-order valence-electron chi connectivity index (χ0n) is 8.07. The number of nitrogens with zero attached hydrogens (tertiary/aromatic N) is 1. The molecule has 14 heavy (non-hydrogen) atoms. The van der Waals surface area contributed by atoms with Crippen molar-refractivity contribution in [1.29, 1.82) is 0 Å². The molecule has 0 atom stereocenters. The average molecular weight is 191 g/mol. The van der Waals surface area contributed by atoms with Crippen LogP contribution in [0.3, 0.4) is 0 Å². The van der Waals surface area contributed by atoms with Crippen molar-refractivity contribution in [3.05, 3.63) is 36.4 Å². The van der Waals surface area contributed by atoms with Crippen molar-refractivity contribution in [2.45, 2.75) is 6.92 Å². The van der Waals surface area contributed by atoms with E-state index in [1.165, 1.54) is 12.1 Å². The Bertz CT molecular complexity index is 370. The highest BCUT2D eigenvalue weighted by atomic mass is 16.3. The number of aliphatic imine (C=N–C) groups is 1. The lowest BCUT2D eigenvalue weighted by Crippen LogP contribution is -1.95. The molecular formula is C11H13NO2. The number of rotatable bonds is 3. The number of aromatic hydroxyl groups is 2. The third kappa shape index (κ3) is 2.36. The van der Waals surface area contributed by atoms with Gasteiger partial charge in [0, 0.05) is 17.3 Å². The Hall–Kier alpha value is -1.77. The lowest BCUT2D eigenvalue weighted by molar-refractivity contribution is 0.450. The third-order valence-electron chi connectivity index (χ3n) is 1.83. The summed E-state index contributed by atoms with van der Waals surface area (Å²) in [6, 6.07) is 4.44. The SMILES string of the molecule is C=CCN=C(C)c1ccc(O)cc1O. The van der Waals surface area contributed by atoms with Gasteiger partial charge in [-0.15, -0.1) is 6.58 Å². The fourth-order valence-corrected chi connectivity index (χ4v) is 1.11. The number of hydrogen-bond acceptors (Lipinski definition) is 3. The largest absolute Gasteiger partial charge is 0.508 e. The van der Waals surface area contributed by atoms with Gasteiger partial charge in [-0.1, -0.05) is 6.08 Å². The Labute approximate surface area is 83.1 Å². The summed E-state index contributed by atoms with van der Waals surface area (Å²) in [6.45, 7) is 5.87. The zero-order valence-corrected chi connectivity index (χ0v) is 8.07. The van der Waals surface area contributed by atoms with Crippen LogP contribution in [-0.4, -0.2) is 22.5 Å². The summed E-state index contributed by atoms with van der Waals surface area (Å²) < 4.78 is 0. The van der Waals surface area contributed by atoms with E-state index in [-0.39, 0.29) is 11.5 Å². The molecule has 0 aliphatic heterocycles. The van der Waals surface area contributed by atoms with E-state index >= 15 is 0 Å². The van der Waals surface area contributed by atoms with Crippen LogP contribution in [0.1, 0.15) is 12.5 Å². The Morgan fingerprint density at radius 2 is 2.21 bits per heavy atom. The van der Waals surface area contributed by atoms with Gasteiger partial charge in [-0.05, 0) is 19.1 Å². The molecule has 0 fully saturated rings. The summed E-state index contributed by atoms with van der Waals surface area (Å²) >= 11 is 0. The van der Waals surface area contributed by atoms with Gasteiger partial charge in [-0.25, -0.2) is 0 Å². The predicted octanol–water partition coefficient (Wildman–Crippen LogP) is 2.09. The molecule has 3 nitrogen and oxygen atoms in total. The van der Waals surface area contributed by atoms with E-state index in [9.17, 15) is 5.11 Å². The highest BCUT2D eigenvalue weighted by molar-refractivity contribution is 6.01. The number of benzene rings is 1. The lowest BCUT2D eigenvalue weighted by Gasteiger charge is -2.03. The molecule has 0 saturated carbocycles. The topological polar surface area (TPSA) is 52.8 Å². The maximum atomic E-state index is 9.49. The highest BCUT2D eigenvalue weighted by Gasteiger charge is 2.04. The zero-order chi connectivity index (χ0) is 10.6. The van der Waals surface area contributed by atoms with Crippen molar-refractivity contribution in [2.24, 2.45) is 4.99 Å². The molecule has 0 unspecified atom stereocenters. The van der Waals surface area contributed by atoms with Crippen LogP contribution in [0, 0.1) is 0 Å². The van der Waals surface area contributed by atoms with E-state index in [1.54, 1.807) is 19.1 Å². The van der Waals surface area contributed by atoms with Crippen LogP contribution in [-0.2, 0) is 0 Å². The van der Waals surface area contributed by atoms with Crippen LogP contribution in [0.15, 0.2) is 35.8 Å². The standard InChI is InChI=1S/C11H13NO2/c1-3-6-12-8(2)10-5-4-9(13)7-11(10)14/h3-5,7,13-14H,1,6H2,2H3. The molecule has 0 aliphatic rings. The smallest absolute Gasteiger partial charge is 0.128 e. The van der Waals surface area contributed by atoms with Gasteiger partial charge in [0.25, 0.3) is 0 Å². The summed E-state index contributed by atoms with van der Waals surface area (Å²) in [5.41, 5.74) is 1.35. The predicted molar refractivity (Wildman–Crippen MR) is 57.0 cm³/mol. The molecule has 0 aliphatic carbocycles. The normalized spacial score (nSPS) is 11.4. The van der Waals surface area contributed by atoms with Crippen LogP contribution in [0.4, 0.5) is 0 Å². The first-order chi connectivity index (χ1) is 6.65. The van der Waals surface area contributed by atoms with Crippen LogP contribution < -0.4 is 0 Å². The molecule has 74 valence electrons. The Morgan fingerprint density at radius 3 is 2.79 bits per heavy atom. The van der Waals surface area contributed by atoms with E-state index in [2.05, 4.69) is 11.6 Å². The Morgan fingerprint density at radius 1 is 1.50 bits per heavy atom.